The second-order valence-electron chi connectivity index (χ2n) is 3.64. The van der Waals surface area contributed by atoms with Crippen molar-refractivity contribution in [3.8, 4) is 11.8 Å². The molecule has 0 spiro atoms. The zero-order valence-corrected chi connectivity index (χ0v) is 9.48. The fraction of sp³-hybridized carbons (Fsp3) is 0. The van der Waals surface area contributed by atoms with Gasteiger partial charge in [-0.2, -0.15) is 5.26 Å². The first kappa shape index (κ1) is 12.3. The Morgan fingerprint density at radius 3 is 2.74 bits per heavy atom. The van der Waals surface area contributed by atoms with Crippen molar-refractivity contribution < 1.29 is 14.8 Å². The van der Waals surface area contributed by atoms with E-state index < -0.39 is 22.1 Å². The number of aromatic carboxylic acids is 1. The van der Waals surface area contributed by atoms with Gasteiger partial charge in [-0.05, 0) is 24.3 Å². The molecule has 1 aromatic heterocycles. The molecule has 7 nitrogen and oxygen atoms in total. The predicted molar refractivity (Wildman–Crippen MR) is 64.1 cm³/mol. The summed E-state index contributed by atoms with van der Waals surface area (Å²) in [6.07, 6.45) is 1.57. The van der Waals surface area contributed by atoms with E-state index in [0.717, 1.165) is 6.07 Å². The van der Waals surface area contributed by atoms with Crippen LogP contribution in [0.5, 0.6) is 0 Å². The number of rotatable bonds is 3. The summed E-state index contributed by atoms with van der Waals surface area (Å²) in [6.45, 7) is 0. The van der Waals surface area contributed by atoms with Crippen LogP contribution in [0.3, 0.4) is 0 Å². The Morgan fingerprint density at radius 2 is 2.16 bits per heavy atom. The molecule has 7 heteroatoms. The number of aromatic nitrogens is 1. The van der Waals surface area contributed by atoms with Gasteiger partial charge in [0.05, 0.1) is 4.92 Å². The molecule has 94 valence electrons. The van der Waals surface area contributed by atoms with Crippen LogP contribution in [0.4, 0.5) is 5.69 Å². The summed E-state index contributed by atoms with van der Waals surface area (Å²) in [6, 6.07) is 8.80. The first-order valence-corrected chi connectivity index (χ1v) is 5.14. The highest BCUT2D eigenvalue weighted by molar-refractivity contribution is 5.93. The number of carboxylic acids is 1. The fourth-order valence-electron chi connectivity index (χ4n) is 1.70. The number of hydrogen-bond donors (Lipinski definition) is 1. The molecule has 19 heavy (non-hydrogen) atoms. The standard InChI is InChI=1S/C12H7N3O4/c13-7-9-2-1-5-14(9)8-3-4-11(15(18)19)10(6-8)12(16)17/h1-6H,(H,16,17). The van der Waals surface area contributed by atoms with Crippen molar-refractivity contribution in [2.45, 2.75) is 0 Å². The van der Waals surface area contributed by atoms with Crippen molar-refractivity contribution in [1.82, 2.24) is 4.57 Å². The number of carboxylic acid groups (broad SMARTS) is 1. The zero-order chi connectivity index (χ0) is 14.0. The molecule has 0 atom stereocenters. The molecule has 2 rings (SSSR count). The number of carbonyl (C=O) groups is 1. The largest absolute Gasteiger partial charge is 0.477 e. The summed E-state index contributed by atoms with van der Waals surface area (Å²) < 4.78 is 1.45. The third-order valence-corrected chi connectivity index (χ3v) is 2.55. The van der Waals surface area contributed by atoms with Gasteiger partial charge in [0.1, 0.15) is 17.3 Å². The highest BCUT2D eigenvalue weighted by atomic mass is 16.6. The Labute approximate surface area is 107 Å². The minimum atomic E-state index is -1.39. The lowest BCUT2D eigenvalue weighted by Crippen LogP contribution is -2.05. The van der Waals surface area contributed by atoms with Crippen LogP contribution in [0.25, 0.3) is 5.69 Å². The number of nitriles is 1. The monoisotopic (exact) mass is 257 g/mol. The van der Waals surface area contributed by atoms with Crippen molar-refractivity contribution in [3.63, 3.8) is 0 Å². The Bertz CT molecular complexity index is 712. The first-order valence-electron chi connectivity index (χ1n) is 5.14. The van der Waals surface area contributed by atoms with Gasteiger partial charge < -0.3 is 9.67 Å². The average Bonchev–Trinajstić information content (AvgIpc) is 2.86. The van der Waals surface area contributed by atoms with Gasteiger partial charge in [-0.1, -0.05) is 0 Å². The highest BCUT2D eigenvalue weighted by Gasteiger charge is 2.20. The van der Waals surface area contributed by atoms with Crippen molar-refractivity contribution in [2.75, 3.05) is 0 Å². The highest BCUT2D eigenvalue weighted by Crippen LogP contribution is 2.23. The van der Waals surface area contributed by atoms with Crippen LogP contribution in [0, 0.1) is 21.4 Å². The Balaban J connectivity index is 2.63. The maximum atomic E-state index is 11.0. The molecule has 0 saturated heterocycles. The summed E-state index contributed by atoms with van der Waals surface area (Å²) in [4.78, 5) is 21.0. The summed E-state index contributed by atoms with van der Waals surface area (Å²) in [5.74, 6) is -1.39. The van der Waals surface area contributed by atoms with Crippen LogP contribution in [-0.2, 0) is 0 Å². The van der Waals surface area contributed by atoms with Gasteiger partial charge in [0.25, 0.3) is 5.69 Å². The molecule has 1 heterocycles. The molecule has 0 radical (unpaired) electrons. The molecule has 0 aliphatic heterocycles. The Morgan fingerprint density at radius 1 is 1.42 bits per heavy atom. The van der Waals surface area contributed by atoms with Crippen LogP contribution >= 0.6 is 0 Å². The van der Waals surface area contributed by atoms with Crippen molar-refractivity contribution >= 4 is 11.7 Å². The van der Waals surface area contributed by atoms with E-state index in [4.69, 9.17) is 10.4 Å². The van der Waals surface area contributed by atoms with Crippen molar-refractivity contribution in [3.05, 3.63) is 57.9 Å². The van der Waals surface area contributed by atoms with Gasteiger partial charge in [0.15, 0.2) is 0 Å². The van der Waals surface area contributed by atoms with Gasteiger partial charge in [-0.3, -0.25) is 10.1 Å². The number of nitro benzene ring substituents is 1. The Kier molecular flexibility index (Phi) is 3.00. The molecular weight excluding hydrogens is 250 g/mol. The summed E-state index contributed by atoms with van der Waals surface area (Å²) in [5, 5.41) is 28.6. The Hall–Kier alpha value is -3.14. The van der Waals surface area contributed by atoms with Crippen molar-refractivity contribution in [1.29, 1.82) is 5.26 Å². The minimum Gasteiger partial charge on any atom is -0.477 e. The topological polar surface area (TPSA) is 109 Å². The van der Waals surface area contributed by atoms with E-state index in [1.165, 1.54) is 16.7 Å². The molecule has 0 unspecified atom stereocenters. The van der Waals surface area contributed by atoms with E-state index in [2.05, 4.69) is 0 Å². The van der Waals surface area contributed by atoms with Crippen LogP contribution in [0.2, 0.25) is 0 Å². The molecule has 0 aliphatic rings. The lowest BCUT2D eigenvalue weighted by molar-refractivity contribution is -0.385. The van der Waals surface area contributed by atoms with Crippen molar-refractivity contribution in [2.24, 2.45) is 0 Å². The van der Waals surface area contributed by atoms with Gasteiger partial charge in [-0.15, -0.1) is 0 Å². The first-order chi connectivity index (χ1) is 9.04. The third-order valence-electron chi connectivity index (χ3n) is 2.55. The summed E-state index contributed by atoms with van der Waals surface area (Å²) in [7, 11) is 0. The number of benzene rings is 1. The molecular formula is C12H7N3O4. The van der Waals surface area contributed by atoms with Gasteiger partial charge >= 0.3 is 5.97 Å². The number of nitro groups is 1. The minimum absolute atomic E-state index is 0.310. The smallest absolute Gasteiger partial charge is 0.342 e. The second-order valence-corrected chi connectivity index (χ2v) is 3.64. The van der Waals surface area contributed by atoms with Crippen LogP contribution in [-0.4, -0.2) is 20.6 Å². The van der Waals surface area contributed by atoms with E-state index in [9.17, 15) is 14.9 Å². The summed E-state index contributed by atoms with van der Waals surface area (Å²) >= 11 is 0. The maximum Gasteiger partial charge on any atom is 0.342 e. The van der Waals surface area contributed by atoms with Crippen LogP contribution in [0.1, 0.15) is 16.1 Å². The zero-order valence-electron chi connectivity index (χ0n) is 9.48. The van der Waals surface area contributed by atoms with Crippen LogP contribution < -0.4 is 0 Å². The molecule has 2 aromatic rings. The average molecular weight is 257 g/mol. The molecule has 0 fully saturated rings. The normalized spacial score (nSPS) is 9.84. The quantitative estimate of drug-likeness (QED) is 0.667. The van der Waals surface area contributed by atoms with E-state index in [1.54, 1.807) is 18.3 Å². The lowest BCUT2D eigenvalue weighted by Gasteiger charge is -2.06. The molecule has 1 N–H and O–H groups in total. The van der Waals surface area contributed by atoms with Gasteiger partial charge in [0.2, 0.25) is 0 Å². The number of nitrogens with zero attached hydrogens (tertiary/aromatic N) is 3. The molecule has 0 amide bonds. The lowest BCUT2D eigenvalue weighted by atomic mass is 10.1. The number of hydrogen-bond acceptors (Lipinski definition) is 4. The van der Waals surface area contributed by atoms with E-state index >= 15 is 0 Å². The van der Waals surface area contributed by atoms with E-state index in [0.29, 0.717) is 11.4 Å². The molecule has 0 bridgehead atoms. The molecule has 0 aliphatic carbocycles. The van der Waals surface area contributed by atoms with Gasteiger partial charge in [-0.25, -0.2) is 4.79 Å². The molecule has 1 aromatic carbocycles. The maximum absolute atomic E-state index is 11.0. The predicted octanol–water partition coefficient (Wildman–Crippen LogP) is 1.96. The second kappa shape index (κ2) is 4.62. The molecule has 0 saturated carbocycles. The van der Waals surface area contributed by atoms with Gasteiger partial charge in [0, 0.05) is 18.0 Å². The fourth-order valence-corrected chi connectivity index (χ4v) is 1.70. The third kappa shape index (κ3) is 2.14. The summed E-state index contributed by atoms with van der Waals surface area (Å²) in [5.41, 5.74) is -0.211. The SMILES string of the molecule is N#Cc1cccn1-c1ccc([N+](=O)[O-])c(C(=O)O)c1. The van der Waals surface area contributed by atoms with Crippen LogP contribution in [0.15, 0.2) is 36.5 Å². The van der Waals surface area contributed by atoms with E-state index in [-0.39, 0.29) is 0 Å². The van der Waals surface area contributed by atoms with E-state index in [1.807, 2.05) is 6.07 Å².